The molecule has 0 bridgehead atoms. The molecule has 0 aromatic heterocycles. The van der Waals surface area contributed by atoms with E-state index in [0.717, 1.165) is 17.7 Å². The van der Waals surface area contributed by atoms with Gasteiger partial charge in [-0.05, 0) is 29.7 Å². The van der Waals surface area contributed by atoms with Crippen molar-refractivity contribution < 1.29 is 9.59 Å². The Kier molecular flexibility index (Phi) is 5.14. The number of carbonyl (C=O) groups is 2. The number of hydrogen-bond acceptors (Lipinski definition) is 3. The van der Waals surface area contributed by atoms with E-state index in [1.165, 1.54) is 5.56 Å². The second-order valence-corrected chi connectivity index (χ2v) is 7.39. The summed E-state index contributed by atoms with van der Waals surface area (Å²) in [6.45, 7) is 2.44. The van der Waals surface area contributed by atoms with E-state index in [2.05, 4.69) is 11.4 Å². The van der Waals surface area contributed by atoms with Gasteiger partial charge in [0.1, 0.15) is 0 Å². The molecule has 5 nitrogen and oxygen atoms in total. The predicted molar refractivity (Wildman–Crippen MR) is 106 cm³/mol. The summed E-state index contributed by atoms with van der Waals surface area (Å²) in [6, 6.07) is 15.0. The Bertz CT molecular complexity index is 870. The maximum Gasteiger partial charge on any atom is 0.240 e. The van der Waals surface area contributed by atoms with Gasteiger partial charge in [-0.2, -0.15) is 0 Å². The highest BCUT2D eigenvalue weighted by molar-refractivity contribution is 6.31. The third-order valence-electron chi connectivity index (χ3n) is 5.27. The SMILES string of the molecule is O=C1C(CC(=O)N2CCc3ccccc32)NCCN1Cc1ccccc1Cl. The molecule has 2 amide bonds. The molecule has 0 radical (unpaired) electrons. The van der Waals surface area contributed by atoms with E-state index in [9.17, 15) is 9.59 Å². The highest BCUT2D eigenvalue weighted by Crippen LogP contribution is 2.28. The molecule has 6 heteroatoms. The van der Waals surface area contributed by atoms with Crippen molar-refractivity contribution in [2.24, 2.45) is 0 Å². The van der Waals surface area contributed by atoms with Crippen LogP contribution in [0.2, 0.25) is 5.02 Å². The number of anilines is 1. The second-order valence-electron chi connectivity index (χ2n) is 6.99. The zero-order chi connectivity index (χ0) is 18.8. The van der Waals surface area contributed by atoms with Gasteiger partial charge in [-0.15, -0.1) is 0 Å². The topological polar surface area (TPSA) is 52.7 Å². The number of nitrogens with one attached hydrogen (secondary N) is 1. The standard InChI is InChI=1S/C21H22ClN3O2/c22-17-7-3-1-6-16(17)14-24-12-10-23-18(21(24)27)13-20(26)25-11-9-15-5-2-4-8-19(15)25/h1-8,18,23H,9-14H2. The van der Waals surface area contributed by atoms with Crippen LogP contribution in [0, 0.1) is 0 Å². The van der Waals surface area contributed by atoms with E-state index in [1.54, 1.807) is 9.80 Å². The van der Waals surface area contributed by atoms with Crippen molar-refractivity contribution in [3.05, 3.63) is 64.7 Å². The molecular formula is C21H22ClN3O2. The Hall–Kier alpha value is -2.37. The number of piperazine rings is 1. The van der Waals surface area contributed by atoms with Crippen molar-refractivity contribution in [1.29, 1.82) is 0 Å². The molecule has 1 saturated heterocycles. The average molecular weight is 384 g/mol. The lowest BCUT2D eigenvalue weighted by molar-refractivity contribution is -0.138. The van der Waals surface area contributed by atoms with Gasteiger partial charge in [-0.3, -0.25) is 9.59 Å². The van der Waals surface area contributed by atoms with Crippen molar-refractivity contribution in [2.45, 2.75) is 25.4 Å². The lowest BCUT2D eigenvalue weighted by atomic mass is 10.1. The largest absolute Gasteiger partial charge is 0.336 e. The molecule has 140 valence electrons. The molecule has 27 heavy (non-hydrogen) atoms. The number of rotatable bonds is 4. The van der Waals surface area contributed by atoms with Crippen LogP contribution in [-0.2, 0) is 22.6 Å². The van der Waals surface area contributed by atoms with Gasteiger partial charge in [0.15, 0.2) is 0 Å². The summed E-state index contributed by atoms with van der Waals surface area (Å²) in [7, 11) is 0. The molecule has 0 aliphatic carbocycles. The lowest BCUT2D eigenvalue weighted by Crippen LogP contribution is -2.56. The molecule has 1 N–H and O–H groups in total. The third kappa shape index (κ3) is 3.70. The van der Waals surface area contributed by atoms with Crippen LogP contribution in [0.4, 0.5) is 5.69 Å². The first kappa shape index (κ1) is 18.0. The van der Waals surface area contributed by atoms with Crippen LogP contribution in [0.1, 0.15) is 17.5 Å². The first-order chi connectivity index (χ1) is 13.1. The molecular weight excluding hydrogens is 362 g/mol. The molecule has 1 unspecified atom stereocenters. The van der Waals surface area contributed by atoms with Gasteiger partial charge < -0.3 is 15.1 Å². The van der Waals surface area contributed by atoms with Gasteiger partial charge in [-0.1, -0.05) is 48.0 Å². The van der Waals surface area contributed by atoms with Gasteiger partial charge >= 0.3 is 0 Å². The van der Waals surface area contributed by atoms with E-state index in [0.29, 0.717) is 31.2 Å². The zero-order valence-corrected chi connectivity index (χ0v) is 15.8. The monoisotopic (exact) mass is 383 g/mol. The predicted octanol–water partition coefficient (Wildman–Crippen LogP) is 2.62. The van der Waals surface area contributed by atoms with Crippen LogP contribution in [0.25, 0.3) is 0 Å². The fourth-order valence-corrected chi connectivity index (χ4v) is 4.02. The lowest BCUT2D eigenvalue weighted by Gasteiger charge is -2.34. The summed E-state index contributed by atoms with van der Waals surface area (Å²) in [5.41, 5.74) is 3.08. The summed E-state index contributed by atoms with van der Waals surface area (Å²) in [6.07, 6.45) is 1.04. The maximum atomic E-state index is 12.9. The maximum absolute atomic E-state index is 12.9. The number of hydrogen-bond donors (Lipinski definition) is 1. The second kappa shape index (κ2) is 7.71. The van der Waals surface area contributed by atoms with E-state index >= 15 is 0 Å². The first-order valence-electron chi connectivity index (χ1n) is 9.27. The molecule has 2 aliphatic rings. The molecule has 4 rings (SSSR count). The Balaban J connectivity index is 1.43. The molecule has 0 saturated carbocycles. The minimum atomic E-state index is -0.485. The highest BCUT2D eigenvalue weighted by Gasteiger charge is 2.33. The Labute approximate surface area is 163 Å². The molecule has 2 aliphatic heterocycles. The van der Waals surface area contributed by atoms with Gasteiger partial charge in [0.05, 0.1) is 12.5 Å². The van der Waals surface area contributed by atoms with E-state index in [1.807, 2.05) is 42.5 Å². The van der Waals surface area contributed by atoms with Crippen LogP contribution < -0.4 is 10.2 Å². The summed E-state index contributed by atoms with van der Waals surface area (Å²) < 4.78 is 0. The fourth-order valence-electron chi connectivity index (χ4n) is 3.82. The molecule has 1 atom stereocenters. The minimum Gasteiger partial charge on any atom is -0.336 e. The first-order valence-corrected chi connectivity index (χ1v) is 9.65. The zero-order valence-electron chi connectivity index (χ0n) is 15.0. The van der Waals surface area contributed by atoms with Gasteiger partial charge in [0, 0.05) is 36.9 Å². The average Bonchev–Trinajstić information content (AvgIpc) is 3.11. The van der Waals surface area contributed by atoms with Crippen molar-refractivity contribution in [3.63, 3.8) is 0 Å². The molecule has 1 fully saturated rings. The summed E-state index contributed by atoms with van der Waals surface area (Å²) in [5.74, 6) is -0.0487. The number of amides is 2. The number of benzene rings is 2. The van der Waals surface area contributed by atoms with Gasteiger partial charge in [0.2, 0.25) is 11.8 Å². The Morgan fingerprint density at radius 1 is 1.11 bits per heavy atom. The molecule has 2 heterocycles. The molecule has 0 spiro atoms. The van der Waals surface area contributed by atoms with Crippen molar-refractivity contribution in [2.75, 3.05) is 24.5 Å². The van der Waals surface area contributed by atoms with Gasteiger partial charge in [0.25, 0.3) is 0 Å². The van der Waals surface area contributed by atoms with Crippen LogP contribution in [0.5, 0.6) is 0 Å². The van der Waals surface area contributed by atoms with E-state index in [-0.39, 0.29) is 18.2 Å². The normalized spacial score (nSPS) is 19.3. The van der Waals surface area contributed by atoms with Gasteiger partial charge in [-0.25, -0.2) is 0 Å². The smallest absolute Gasteiger partial charge is 0.240 e. The molecule has 2 aromatic carbocycles. The van der Waals surface area contributed by atoms with E-state index < -0.39 is 6.04 Å². The summed E-state index contributed by atoms with van der Waals surface area (Å²) in [5, 5.41) is 3.86. The van der Waals surface area contributed by atoms with Crippen molar-refractivity contribution in [1.82, 2.24) is 10.2 Å². The minimum absolute atomic E-state index is 0.00889. The fraction of sp³-hybridized carbons (Fsp3) is 0.333. The Morgan fingerprint density at radius 3 is 2.74 bits per heavy atom. The van der Waals surface area contributed by atoms with Crippen LogP contribution in [-0.4, -0.2) is 42.4 Å². The summed E-state index contributed by atoms with van der Waals surface area (Å²) in [4.78, 5) is 29.3. The highest BCUT2D eigenvalue weighted by atomic mass is 35.5. The summed E-state index contributed by atoms with van der Waals surface area (Å²) >= 11 is 6.23. The number of para-hydroxylation sites is 1. The van der Waals surface area contributed by atoms with Crippen LogP contribution in [0.15, 0.2) is 48.5 Å². The number of carbonyl (C=O) groups excluding carboxylic acids is 2. The quantitative estimate of drug-likeness (QED) is 0.883. The Morgan fingerprint density at radius 2 is 1.89 bits per heavy atom. The van der Waals surface area contributed by atoms with Crippen LogP contribution in [0.3, 0.4) is 0 Å². The third-order valence-corrected chi connectivity index (χ3v) is 5.64. The number of fused-ring (bicyclic) bond motifs is 1. The number of halogens is 1. The van der Waals surface area contributed by atoms with Crippen molar-refractivity contribution >= 4 is 29.1 Å². The van der Waals surface area contributed by atoms with Crippen molar-refractivity contribution in [3.8, 4) is 0 Å². The van der Waals surface area contributed by atoms with Crippen LogP contribution >= 0.6 is 11.6 Å². The number of nitrogens with zero attached hydrogens (tertiary/aromatic N) is 2. The molecule has 2 aromatic rings. The van der Waals surface area contributed by atoms with E-state index in [4.69, 9.17) is 11.6 Å².